The number of carbonyl (C=O) groups is 2. The molecule has 2 amide bonds. The summed E-state index contributed by atoms with van der Waals surface area (Å²) < 4.78 is 1.75. The van der Waals surface area contributed by atoms with Gasteiger partial charge in [0.15, 0.2) is 5.82 Å². The van der Waals surface area contributed by atoms with Crippen LogP contribution in [-0.4, -0.2) is 57.7 Å². The molecule has 10 heteroatoms. The number of carbonyl (C=O) groups excluding carboxylic acids is 2. The molecule has 0 aliphatic carbocycles. The molecule has 160 valence electrons. The average molecular weight is 443 g/mol. The van der Waals surface area contributed by atoms with Crippen molar-refractivity contribution in [2.24, 2.45) is 11.7 Å². The van der Waals surface area contributed by atoms with Gasteiger partial charge in [0.1, 0.15) is 0 Å². The van der Waals surface area contributed by atoms with Crippen LogP contribution in [0.1, 0.15) is 34.6 Å². The van der Waals surface area contributed by atoms with Crippen LogP contribution in [-0.2, 0) is 4.79 Å². The second-order valence-electron chi connectivity index (χ2n) is 6.91. The Bertz CT molecular complexity index is 825. The zero-order valence-corrected chi connectivity index (χ0v) is 18.3. The third-order valence-corrected chi connectivity index (χ3v) is 4.74. The standard InChI is InChI=1S/C19H26N6O2.2ClH/c1-13-10-14(2)25(23-13)17-6-5-15(11-22-17)19(27)24-9-3-4-16(12-24)18(26)21-8-7-20;;/h5-6,10-11,16H,3-4,7-9,12,20H2,1-2H3,(H,21,26);2*1H. The maximum atomic E-state index is 12.8. The van der Waals surface area contributed by atoms with Crippen LogP contribution in [0.4, 0.5) is 0 Å². The number of rotatable bonds is 5. The molecule has 1 fully saturated rings. The maximum Gasteiger partial charge on any atom is 0.255 e. The first kappa shape index (κ1) is 24.9. The van der Waals surface area contributed by atoms with Gasteiger partial charge in [0.05, 0.1) is 17.2 Å². The summed E-state index contributed by atoms with van der Waals surface area (Å²) in [5.41, 5.74) is 7.85. The summed E-state index contributed by atoms with van der Waals surface area (Å²) in [6.07, 6.45) is 3.17. The van der Waals surface area contributed by atoms with Gasteiger partial charge in [-0.15, -0.1) is 24.8 Å². The Kier molecular flexibility index (Phi) is 9.55. The molecular weight excluding hydrogens is 415 g/mol. The summed E-state index contributed by atoms with van der Waals surface area (Å²) in [6.45, 7) is 5.84. The Morgan fingerprint density at radius 3 is 2.62 bits per heavy atom. The van der Waals surface area contributed by atoms with Crippen LogP contribution in [0.15, 0.2) is 24.4 Å². The van der Waals surface area contributed by atoms with Crippen molar-refractivity contribution < 1.29 is 9.59 Å². The highest BCUT2D eigenvalue weighted by molar-refractivity contribution is 5.94. The first-order valence-corrected chi connectivity index (χ1v) is 9.26. The number of nitrogens with two attached hydrogens (primary N) is 1. The van der Waals surface area contributed by atoms with E-state index in [2.05, 4.69) is 15.4 Å². The highest BCUT2D eigenvalue weighted by atomic mass is 35.5. The third-order valence-electron chi connectivity index (χ3n) is 4.74. The van der Waals surface area contributed by atoms with Crippen molar-refractivity contribution in [2.75, 3.05) is 26.2 Å². The molecule has 29 heavy (non-hydrogen) atoms. The molecule has 1 atom stereocenters. The van der Waals surface area contributed by atoms with E-state index in [4.69, 9.17) is 5.73 Å². The van der Waals surface area contributed by atoms with Gasteiger partial charge in [0, 0.05) is 38.1 Å². The molecule has 3 heterocycles. The lowest BCUT2D eigenvalue weighted by Crippen LogP contribution is -2.46. The molecule has 0 bridgehead atoms. The summed E-state index contributed by atoms with van der Waals surface area (Å²) in [5, 5.41) is 7.21. The van der Waals surface area contributed by atoms with Gasteiger partial charge in [-0.1, -0.05) is 0 Å². The average Bonchev–Trinajstić information content (AvgIpc) is 3.03. The number of likely N-dealkylation sites (tertiary alicyclic amines) is 1. The smallest absolute Gasteiger partial charge is 0.255 e. The number of aryl methyl sites for hydroxylation is 2. The van der Waals surface area contributed by atoms with Crippen molar-refractivity contribution in [1.29, 1.82) is 0 Å². The Labute approximate surface area is 183 Å². The fraction of sp³-hybridized carbons (Fsp3) is 0.474. The van der Waals surface area contributed by atoms with Gasteiger partial charge in [0.25, 0.3) is 5.91 Å². The normalized spacial score (nSPS) is 15.8. The molecule has 2 aromatic rings. The van der Waals surface area contributed by atoms with Crippen LogP contribution in [0.2, 0.25) is 0 Å². The van der Waals surface area contributed by atoms with E-state index in [0.29, 0.717) is 37.6 Å². The van der Waals surface area contributed by atoms with Crippen molar-refractivity contribution >= 4 is 36.6 Å². The summed E-state index contributed by atoms with van der Waals surface area (Å²) in [6, 6.07) is 5.53. The molecule has 2 aromatic heterocycles. The van der Waals surface area contributed by atoms with Crippen molar-refractivity contribution in [3.05, 3.63) is 41.3 Å². The summed E-state index contributed by atoms with van der Waals surface area (Å²) in [7, 11) is 0. The maximum absolute atomic E-state index is 12.8. The van der Waals surface area contributed by atoms with Gasteiger partial charge in [-0.2, -0.15) is 5.10 Å². The van der Waals surface area contributed by atoms with Crippen molar-refractivity contribution in [2.45, 2.75) is 26.7 Å². The van der Waals surface area contributed by atoms with E-state index >= 15 is 0 Å². The quantitative estimate of drug-likeness (QED) is 0.731. The van der Waals surface area contributed by atoms with Crippen LogP contribution < -0.4 is 11.1 Å². The minimum absolute atomic E-state index is 0. The number of halogens is 2. The minimum atomic E-state index is -0.184. The van der Waals surface area contributed by atoms with Crippen LogP contribution >= 0.6 is 24.8 Å². The highest BCUT2D eigenvalue weighted by Gasteiger charge is 2.28. The molecule has 3 rings (SSSR count). The second-order valence-corrected chi connectivity index (χ2v) is 6.91. The summed E-state index contributed by atoms with van der Waals surface area (Å²) in [4.78, 5) is 31.1. The van der Waals surface area contributed by atoms with Crippen molar-refractivity contribution in [3.63, 3.8) is 0 Å². The number of amides is 2. The van der Waals surface area contributed by atoms with E-state index in [1.807, 2.05) is 19.9 Å². The molecule has 1 aliphatic rings. The first-order valence-electron chi connectivity index (χ1n) is 9.26. The number of nitrogens with zero attached hydrogens (tertiary/aromatic N) is 4. The van der Waals surface area contributed by atoms with E-state index in [1.165, 1.54) is 0 Å². The van der Waals surface area contributed by atoms with E-state index in [1.54, 1.807) is 27.9 Å². The van der Waals surface area contributed by atoms with Gasteiger partial charge in [-0.05, 0) is 44.9 Å². The molecule has 0 spiro atoms. The first-order chi connectivity index (χ1) is 13.0. The van der Waals surface area contributed by atoms with Crippen LogP contribution in [0, 0.1) is 19.8 Å². The largest absolute Gasteiger partial charge is 0.355 e. The molecule has 0 aromatic carbocycles. The van der Waals surface area contributed by atoms with E-state index in [-0.39, 0.29) is 42.5 Å². The van der Waals surface area contributed by atoms with Crippen molar-refractivity contribution in [3.8, 4) is 5.82 Å². The lowest BCUT2D eigenvalue weighted by molar-refractivity contribution is -0.126. The fourth-order valence-electron chi connectivity index (χ4n) is 3.40. The molecule has 8 nitrogen and oxygen atoms in total. The summed E-state index contributed by atoms with van der Waals surface area (Å²) in [5.74, 6) is 0.362. The predicted octanol–water partition coefficient (Wildman–Crippen LogP) is 1.65. The lowest BCUT2D eigenvalue weighted by atomic mass is 9.96. The second kappa shape index (κ2) is 11.1. The van der Waals surface area contributed by atoms with E-state index < -0.39 is 0 Å². The van der Waals surface area contributed by atoms with Gasteiger partial charge >= 0.3 is 0 Å². The monoisotopic (exact) mass is 442 g/mol. The number of nitrogens with one attached hydrogen (secondary N) is 1. The minimum Gasteiger partial charge on any atom is -0.355 e. The molecule has 1 saturated heterocycles. The SMILES string of the molecule is Cc1cc(C)n(-c2ccc(C(=O)N3CCCC(C(=O)NCCN)C3)cn2)n1.Cl.Cl. The van der Waals surface area contributed by atoms with E-state index in [9.17, 15) is 9.59 Å². The Morgan fingerprint density at radius 1 is 1.28 bits per heavy atom. The summed E-state index contributed by atoms with van der Waals surface area (Å²) >= 11 is 0. The lowest BCUT2D eigenvalue weighted by Gasteiger charge is -2.32. The highest BCUT2D eigenvalue weighted by Crippen LogP contribution is 2.19. The molecular formula is C19H28Cl2N6O2. The predicted molar refractivity (Wildman–Crippen MR) is 116 cm³/mol. The van der Waals surface area contributed by atoms with Crippen LogP contribution in [0.25, 0.3) is 5.82 Å². The van der Waals surface area contributed by atoms with Gasteiger partial charge < -0.3 is 16.0 Å². The molecule has 3 N–H and O–H groups in total. The van der Waals surface area contributed by atoms with Crippen LogP contribution in [0.3, 0.4) is 0 Å². The molecule has 1 aliphatic heterocycles. The number of pyridine rings is 1. The van der Waals surface area contributed by atoms with Crippen molar-refractivity contribution in [1.82, 2.24) is 25.0 Å². The number of hydrogen-bond acceptors (Lipinski definition) is 5. The zero-order chi connectivity index (χ0) is 19.4. The van der Waals surface area contributed by atoms with Gasteiger partial charge in [-0.25, -0.2) is 9.67 Å². The Balaban J connectivity index is 0.00000210. The number of aromatic nitrogens is 3. The topological polar surface area (TPSA) is 106 Å². The van der Waals surface area contributed by atoms with E-state index in [0.717, 1.165) is 24.2 Å². The fourth-order valence-corrected chi connectivity index (χ4v) is 3.40. The molecule has 1 unspecified atom stereocenters. The van der Waals surface area contributed by atoms with Gasteiger partial charge in [-0.3, -0.25) is 9.59 Å². The molecule has 0 radical (unpaired) electrons. The Hall–Kier alpha value is -2.16. The zero-order valence-electron chi connectivity index (χ0n) is 16.6. The molecule has 0 saturated carbocycles. The third kappa shape index (κ3) is 5.91. The van der Waals surface area contributed by atoms with Gasteiger partial charge in [0.2, 0.25) is 5.91 Å². The number of hydrogen-bond donors (Lipinski definition) is 2. The Morgan fingerprint density at radius 2 is 2.03 bits per heavy atom. The van der Waals surface area contributed by atoms with Crippen LogP contribution in [0.5, 0.6) is 0 Å². The number of piperidine rings is 1.